The van der Waals surface area contributed by atoms with Crippen LogP contribution in [0.5, 0.6) is 0 Å². The van der Waals surface area contributed by atoms with Crippen LogP contribution in [0.4, 0.5) is 14.5 Å². The summed E-state index contributed by atoms with van der Waals surface area (Å²) in [6.45, 7) is 2.06. The van der Waals surface area contributed by atoms with Gasteiger partial charge in [0.25, 0.3) is 0 Å². The Bertz CT molecular complexity index is 314. The predicted molar refractivity (Wildman–Crippen MR) is 45.4 cm³/mol. The normalized spacial score (nSPS) is 9.77. The second-order valence-electron chi connectivity index (χ2n) is 2.49. The van der Waals surface area contributed by atoms with E-state index in [9.17, 15) is 13.6 Å². The van der Waals surface area contributed by atoms with E-state index in [-0.39, 0.29) is 5.69 Å². The van der Waals surface area contributed by atoms with E-state index in [1.54, 1.807) is 6.92 Å². The molecular weight excluding hydrogens is 176 g/mol. The van der Waals surface area contributed by atoms with Crippen LogP contribution >= 0.6 is 0 Å². The lowest BCUT2D eigenvalue weighted by Crippen LogP contribution is -2.21. The second kappa shape index (κ2) is 3.98. The lowest BCUT2D eigenvalue weighted by molar-refractivity contribution is -0.107. The van der Waals surface area contributed by atoms with E-state index in [0.29, 0.717) is 13.0 Å². The van der Waals surface area contributed by atoms with Crippen molar-refractivity contribution in [3.05, 3.63) is 29.8 Å². The summed E-state index contributed by atoms with van der Waals surface area (Å²) < 4.78 is 25.5. The Labute approximate surface area is 74.8 Å². The van der Waals surface area contributed by atoms with Crippen molar-refractivity contribution in [2.45, 2.75) is 6.92 Å². The molecular formula is C9H9F2NO. The Hall–Kier alpha value is -1.45. The summed E-state index contributed by atoms with van der Waals surface area (Å²) in [5.74, 6) is -1.38. The van der Waals surface area contributed by atoms with E-state index in [1.807, 2.05) is 0 Å². The molecule has 0 aliphatic carbocycles. The Balaban J connectivity index is 3.06. The summed E-state index contributed by atoms with van der Waals surface area (Å²) in [5, 5.41) is 0. The first kappa shape index (κ1) is 9.64. The smallest absolute Gasteiger partial charge is 0.214 e. The Morgan fingerprint density at radius 1 is 1.46 bits per heavy atom. The van der Waals surface area contributed by atoms with Crippen molar-refractivity contribution in [3.8, 4) is 0 Å². The number of anilines is 1. The standard InChI is InChI=1S/C9H9F2NO/c1-2-12(6-13)9-4-3-7(10)5-8(9)11/h3-6H,2H2,1H3. The molecule has 70 valence electrons. The summed E-state index contributed by atoms with van der Waals surface area (Å²) in [6.07, 6.45) is 0.510. The molecule has 0 N–H and O–H groups in total. The average Bonchev–Trinajstić information content (AvgIpc) is 2.10. The number of halogens is 2. The van der Waals surface area contributed by atoms with Crippen LogP contribution in [0.1, 0.15) is 6.92 Å². The third-order valence-electron chi connectivity index (χ3n) is 1.69. The van der Waals surface area contributed by atoms with Crippen molar-refractivity contribution in [3.63, 3.8) is 0 Å². The van der Waals surface area contributed by atoms with Crippen LogP contribution in [0.3, 0.4) is 0 Å². The maximum Gasteiger partial charge on any atom is 0.214 e. The van der Waals surface area contributed by atoms with Gasteiger partial charge in [0.1, 0.15) is 11.6 Å². The fraction of sp³-hybridized carbons (Fsp3) is 0.222. The van der Waals surface area contributed by atoms with Gasteiger partial charge in [0.2, 0.25) is 6.41 Å². The Kier molecular flexibility index (Phi) is 2.95. The highest BCUT2D eigenvalue weighted by Crippen LogP contribution is 2.18. The number of carbonyl (C=O) groups is 1. The maximum absolute atomic E-state index is 13.0. The number of amides is 1. The van der Waals surface area contributed by atoms with E-state index in [0.717, 1.165) is 17.0 Å². The van der Waals surface area contributed by atoms with Gasteiger partial charge in [-0.1, -0.05) is 0 Å². The van der Waals surface area contributed by atoms with E-state index in [4.69, 9.17) is 0 Å². The molecule has 0 spiro atoms. The molecule has 0 atom stereocenters. The lowest BCUT2D eigenvalue weighted by Gasteiger charge is -2.15. The van der Waals surface area contributed by atoms with Crippen molar-refractivity contribution >= 4 is 12.1 Å². The summed E-state index contributed by atoms with van der Waals surface area (Å²) in [6, 6.07) is 3.11. The number of rotatable bonds is 3. The topological polar surface area (TPSA) is 20.3 Å². The third-order valence-corrected chi connectivity index (χ3v) is 1.69. The predicted octanol–water partition coefficient (Wildman–Crippen LogP) is 1.95. The van der Waals surface area contributed by atoms with Crippen LogP contribution in [0, 0.1) is 11.6 Å². The molecule has 1 amide bonds. The van der Waals surface area contributed by atoms with Crippen molar-refractivity contribution in [1.29, 1.82) is 0 Å². The second-order valence-corrected chi connectivity index (χ2v) is 2.49. The highest BCUT2D eigenvalue weighted by atomic mass is 19.1. The zero-order valence-corrected chi connectivity index (χ0v) is 7.13. The van der Waals surface area contributed by atoms with Gasteiger partial charge in [-0.3, -0.25) is 4.79 Å². The molecule has 0 aliphatic rings. The summed E-state index contributed by atoms with van der Waals surface area (Å²) in [4.78, 5) is 11.6. The van der Waals surface area contributed by atoms with Crippen LogP contribution in [-0.2, 0) is 4.79 Å². The fourth-order valence-corrected chi connectivity index (χ4v) is 1.02. The van der Waals surface area contributed by atoms with E-state index >= 15 is 0 Å². The molecule has 0 saturated carbocycles. The highest BCUT2D eigenvalue weighted by Gasteiger charge is 2.08. The molecule has 0 aliphatic heterocycles. The molecule has 0 saturated heterocycles. The molecule has 13 heavy (non-hydrogen) atoms. The first-order valence-corrected chi connectivity index (χ1v) is 3.86. The SMILES string of the molecule is CCN(C=O)c1ccc(F)cc1F. The molecule has 0 radical (unpaired) electrons. The van der Waals surface area contributed by atoms with Crippen LogP contribution in [0.15, 0.2) is 18.2 Å². The molecule has 1 rings (SSSR count). The van der Waals surface area contributed by atoms with Crippen molar-refractivity contribution < 1.29 is 13.6 Å². The first-order valence-electron chi connectivity index (χ1n) is 3.86. The number of nitrogens with zero attached hydrogens (tertiary/aromatic N) is 1. The minimum absolute atomic E-state index is 0.0962. The van der Waals surface area contributed by atoms with Gasteiger partial charge in [0, 0.05) is 12.6 Å². The van der Waals surface area contributed by atoms with Gasteiger partial charge >= 0.3 is 0 Å². The zero-order valence-electron chi connectivity index (χ0n) is 7.13. The lowest BCUT2D eigenvalue weighted by atomic mass is 10.3. The molecule has 0 bridgehead atoms. The molecule has 0 fully saturated rings. The van der Waals surface area contributed by atoms with Gasteiger partial charge in [-0.15, -0.1) is 0 Å². The van der Waals surface area contributed by atoms with Gasteiger partial charge in [0.05, 0.1) is 5.69 Å². The molecule has 0 unspecified atom stereocenters. The van der Waals surface area contributed by atoms with Gasteiger partial charge in [0.15, 0.2) is 0 Å². The molecule has 1 aromatic carbocycles. The van der Waals surface area contributed by atoms with Gasteiger partial charge < -0.3 is 4.90 Å². The first-order chi connectivity index (χ1) is 6.19. The molecule has 2 nitrogen and oxygen atoms in total. The van der Waals surface area contributed by atoms with Gasteiger partial charge in [-0.25, -0.2) is 8.78 Å². The van der Waals surface area contributed by atoms with Crippen LogP contribution < -0.4 is 4.90 Å². The number of hydrogen-bond donors (Lipinski definition) is 0. The number of carbonyl (C=O) groups excluding carboxylic acids is 1. The summed E-state index contributed by atoms with van der Waals surface area (Å²) in [7, 11) is 0. The molecule has 0 heterocycles. The third kappa shape index (κ3) is 2.02. The average molecular weight is 185 g/mol. The van der Waals surface area contributed by atoms with E-state index in [1.165, 1.54) is 6.07 Å². The maximum atomic E-state index is 13.0. The van der Waals surface area contributed by atoms with Crippen LogP contribution in [0.25, 0.3) is 0 Å². The number of hydrogen-bond acceptors (Lipinski definition) is 1. The molecule has 1 aromatic rings. The molecule has 4 heteroatoms. The van der Waals surface area contributed by atoms with Gasteiger partial charge in [-0.05, 0) is 19.1 Å². The van der Waals surface area contributed by atoms with Crippen LogP contribution in [0.2, 0.25) is 0 Å². The largest absolute Gasteiger partial charge is 0.313 e. The van der Waals surface area contributed by atoms with Gasteiger partial charge in [-0.2, -0.15) is 0 Å². The quantitative estimate of drug-likeness (QED) is 0.659. The zero-order chi connectivity index (χ0) is 9.84. The van der Waals surface area contributed by atoms with E-state index < -0.39 is 11.6 Å². The summed E-state index contributed by atoms with van der Waals surface area (Å²) >= 11 is 0. The van der Waals surface area contributed by atoms with Crippen molar-refractivity contribution in [2.75, 3.05) is 11.4 Å². The minimum atomic E-state index is -0.728. The Morgan fingerprint density at radius 3 is 2.62 bits per heavy atom. The van der Waals surface area contributed by atoms with Crippen LogP contribution in [-0.4, -0.2) is 13.0 Å². The van der Waals surface area contributed by atoms with Crippen molar-refractivity contribution in [2.24, 2.45) is 0 Å². The summed E-state index contributed by atoms with van der Waals surface area (Å²) in [5.41, 5.74) is 0.0962. The van der Waals surface area contributed by atoms with Crippen molar-refractivity contribution in [1.82, 2.24) is 0 Å². The highest BCUT2D eigenvalue weighted by molar-refractivity contribution is 5.75. The number of benzene rings is 1. The minimum Gasteiger partial charge on any atom is -0.313 e. The molecule has 0 aromatic heterocycles. The fourth-order valence-electron chi connectivity index (χ4n) is 1.02. The monoisotopic (exact) mass is 185 g/mol. The van der Waals surface area contributed by atoms with E-state index in [2.05, 4.69) is 0 Å². The Morgan fingerprint density at radius 2 is 2.15 bits per heavy atom.